The van der Waals surface area contributed by atoms with Crippen LogP contribution >= 0.6 is 0 Å². The molecule has 0 aromatic heterocycles. The zero-order chi connectivity index (χ0) is 26.2. The third kappa shape index (κ3) is 7.21. The van der Waals surface area contributed by atoms with E-state index in [-0.39, 0.29) is 13.2 Å². The van der Waals surface area contributed by atoms with Crippen LogP contribution in [0.1, 0.15) is 47.3 Å². The number of nitrogens with one attached hydrogen (secondary N) is 1. The first-order valence-corrected chi connectivity index (χ1v) is 11.6. The Labute approximate surface area is 209 Å². The van der Waals surface area contributed by atoms with E-state index in [2.05, 4.69) is 11.9 Å². The topological polar surface area (TPSA) is 47.6 Å². The van der Waals surface area contributed by atoms with E-state index < -0.39 is 29.5 Å². The van der Waals surface area contributed by atoms with Crippen LogP contribution in [0.25, 0.3) is 0 Å². The van der Waals surface area contributed by atoms with Gasteiger partial charge in [0.2, 0.25) is 0 Å². The van der Waals surface area contributed by atoms with Gasteiger partial charge in [0, 0.05) is 0 Å². The summed E-state index contributed by atoms with van der Waals surface area (Å²) in [4.78, 5) is 12.8. The quantitative estimate of drug-likeness (QED) is 0.295. The van der Waals surface area contributed by atoms with Crippen LogP contribution in [0.3, 0.4) is 0 Å². The summed E-state index contributed by atoms with van der Waals surface area (Å²) in [6, 6.07) is 22.4. The maximum atomic E-state index is 13.3. The Kier molecular flexibility index (Phi) is 8.93. The van der Waals surface area contributed by atoms with Gasteiger partial charge < -0.3 is 14.8 Å². The van der Waals surface area contributed by atoms with Gasteiger partial charge in [0.25, 0.3) is 0 Å². The number of hydrogen-bond donors (Lipinski definition) is 1. The summed E-state index contributed by atoms with van der Waals surface area (Å²) in [6.45, 7) is 7.21. The molecule has 0 saturated heterocycles. The minimum absolute atomic E-state index is 0.0140. The van der Waals surface area contributed by atoms with Crippen molar-refractivity contribution >= 4 is 6.09 Å². The average molecular weight is 498 g/mol. The smallest absolute Gasteiger partial charge is 0.416 e. The molecule has 4 nitrogen and oxygen atoms in total. The average Bonchev–Trinajstić information content (AvgIpc) is 2.86. The number of carbonyl (C=O) groups is 1. The van der Waals surface area contributed by atoms with Crippen molar-refractivity contribution in [1.82, 2.24) is 5.32 Å². The highest BCUT2D eigenvalue weighted by Crippen LogP contribution is 2.34. The maximum absolute atomic E-state index is 13.3. The third-order valence-corrected chi connectivity index (χ3v) is 5.85. The largest absolute Gasteiger partial charge is 0.445 e. The maximum Gasteiger partial charge on any atom is 0.416 e. The van der Waals surface area contributed by atoms with Crippen LogP contribution in [0.2, 0.25) is 0 Å². The summed E-state index contributed by atoms with van der Waals surface area (Å²) >= 11 is 0. The summed E-state index contributed by atoms with van der Waals surface area (Å²) in [7, 11) is 0. The SMILES string of the molecule is C=CC[C@](CO[C@H](C)c1cc(C)cc(C(F)(F)F)c1)(NC(=O)OCc1ccccc1)c1ccccc1. The van der Waals surface area contributed by atoms with Crippen LogP contribution in [-0.2, 0) is 27.8 Å². The zero-order valence-electron chi connectivity index (χ0n) is 20.3. The second-order valence-corrected chi connectivity index (χ2v) is 8.71. The molecule has 0 aliphatic rings. The predicted octanol–water partition coefficient (Wildman–Crippen LogP) is 7.49. The van der Waals surface area contributed by atoms with Crippen LogP contribution < -0.4 is 5.32 Å². The molecule has 0 bridgehead atoms. The van der Waals surface area contributed by atoms with E-state index in [0.29, 0.717) is 17.5 Å². The Morgan fingerprint density at radius 1 is 1.00 bits per heavy atom. The third-order valence-electron chi connectivity index (χ3n) is 5.85. The highest BCUT2D eigenvalue weighted by Gasteiger charge is 2.35. The molecule has 0 radical (unpaired) electrons. The lowest BCUT2D eigenvalue weighted by molar-refractivity contribution is -0.137. The molecule has 2 atom stereocenters. The molecule has 0 heterocycles. The summed E-state index contributed by atoms with van der Waals surface area (Å²) in [6.07, 6.45) is -3.79. The second-order valence-electron chi connectivity index (χ2n) is 8.71. The van der Waals surface area contributed by atoms with Gasteiger partial charge in [0.15, 0.2) is 0 Å². The standard InChI is InChI=1S/C29H30F3NO3/c1-4-15-28(25-13-9-6-10-14-25,33-27(34)35-19-23-11-7-5-8-12-23)20-36-22(3)24-16-21(2)17-26(18-24)29(30,31)32/h4-14,16-18,22H,1,15,19-20H2,2-3H3,(H,33,34)/t22-,28-/m1/s1. The van der Waals surface area contributed by atoms with Gasteiger partial charge in [-0.1, -0.05) is 78.4 Å². The molecule has 36 heavy (non-hydrogen) atoms. The highest BCUT2D eigenvalue weighted by atomic mass is 19.4. The molecule has 0 aliphatic heterocycles. The fraction of sp³-hybridized carbons (Fsp3) is 0.276. The van der Waals surface area contributed by atoms with Gasteiger partial charge in [0.05, 0.1) is 23.8 Å². The first kappa shape index (κ1) is 27.0. The number of carbonyl (C=O) groups excluding carboxylic acids is 1. The van der Waals surface area contributed by atoms with E-state index in [0.717, 1.165) is 23.3 Å². The molecule has 1 N–H and O–H groups in total. The fourth-order valence-electron chi connectivity index (χ4n) is 3.95. The Morgan fingerprint density at radius 3 is 2.25 bits per heavy atom. The van der Waals surface area contributed by atoms with Crippen molar-refractivity contribution in [3.05, 3.63) is 119 Å². The molecule has 0 saturated carbocycles. The second kappa shape index (κ2) is 11.9. The van der Waals surface area contributed by atoms with Gasteiger partial charge >= 0.3 is 12.3 Å². The molecule has 1 amide bonds. The summed E-state index contributed by atoms with van der Waals surface area (Å²) in [5.74, 6) is 0. The van der Waals surface area contributed by atoms with E-state index in [1.807, 2.05) is 60.7 Å². The zero-order valence-corrected chi connectivity index (χ0v) is 20.3. The molecular formula is C29H30F3NO3. The van der Waals surface area contributed by atoms with Crippen LogP contribution in [0, 0.1) is 6.92 Å². The van der Waals surface area contributed by atoms with Crippen LogP contribution in [0.5, 0.6) is 0 Å². The van der Waals surface area contributed by atoms with Gasteiger partial charge in [0.1, 0.15) is 6.61 Å². The number of halogens is 3. The molecule has 3 aromatic rings. The normalized spacial score (nSPS) is 13.9. The molecule has 0 spiro atoms. The van der Waals surface area contributed by atoms with Crippen molar-refractivity contribution in [1.29, 1.82) is 0 Å². The minimum Gasteiger partial charge on any atom is -0.445 e. The van der Waals surface area contributed by atoms with E-state index in [1.165, 1.54) is 0 Å². The van der Waals surface area contributed by atoms with Crippen LogP contribution in [0.4, 0.5) is 18.0 Å². The number of aryl methyl sites for hydroxylation is 1. The van der Waals surface area contributed by atoms with E-state index in [4.69, 9.17) is 9.47 Å². The molecule has 0 aliphatic carbocycles. The monoisotopic (exact) mass is 497 g/mol. The van der Waals surface area contributed by atoms with Crippen molar-refractivity contribution in [2.24, 2.45) is 0 Å². The predicted molar refractivity (Wildman–Crippen MR) is 133 cm³/mol. The molecule has 3 aromatic carbocycles. The molecule has 7 heteroatoms. The first-order chi connectivity index (χ1) is 17.1. The summed E-state index contributed by atoms with van der Waals surface area (Å²) in [5, 5.41) is 2.93. The van der Waals surface area contributed by atoms with Crippen molar-refractivity contribution in [3.63, 3.8) is 0 Å². The Hall–Kier alpha value is -3.58. The molecule has 190 valence electrons. The summed E-state index contributed by atoms with van der Waals surface area (Å²) in [5.41, 5.74) is 0.714. The number of rotatable bonds is 10. The first-order valence-electron chi connectivity index (χ1n) is 11.6. The number of benzene rings is 3. The van der Waals surface area contributed by atoms with Gasteiger partial charge in [-0.25, -0.2) is 4.79 Å². The number of alkyl halides is 3. The number of ether oxygens (including phenoxy) is 2. The van der Waals surface area contributed by atoms with Crippen LogP contribution in [0.15, 0.2) is 91.5 Å². The van der Waals surface area contributed by atoms with E-state index >= 15 is 0 Å². The van der Waals surface area contributed by atoms with Crippen LogP contribution in [-0.4, -0.2) is 12.7 Å². The number of amides is 1. The lowest BCUT2D eigenvalue weighted by Gasteiger charge is -2.35. The van der Waals surface area contributed by atoms with E-state index in [9.17, 15) is 18.0 Å². The Balaban J connectivity index is 1.83. The van der Waals surface area contributed by atoms with E-state index in [1.54, 1.807) is 26.0 Å². The number of alkyl carbamates (subject to hydrolysis) is 1. The Morgan fingerprint density at radius 2 is 1.64 bits per heavy atom. The minimum atomic E-state index is -4.46. The number of hydrogen-bond acceptors (Lipinski definition) is 3. The van der Waals surface area contributed by atoms with Crippen molar-refractivity contribution < 1.29 is 27.4 Å². The molecule has 0 fully saturated rings. The summed E-state index contributed by atoms with van der Waals surface area (Å²) < 4.78 is 51.5. The van der Waals surface area contributed by atoms with Gasteiger partial charge in [-0.2, -0.15) is 13.2 Å². The van der Waals surface area contributed by atoms with Crippen molar-refractivity contribution in [2.45, 2.75) is 44.7 Å². The lowest BCUT2D eigenvalue weighted by atomic mass is 9.87. The molecule has 3 rings (SSSR count). The van der Waals surface area contributed by atoms with Gasteiger partial charge in [-0.3, -0.25) is 0 Å². The lowest BCUT2D eigenvalue weighted by Crippen LogP contribution is -2.49. The molecule has 0 unspecified atom stereocenters. The Bertz CT molecular complexity index is 1150. The van der Waals surface area contributed by atoms with Crippen molar-refractivity contribution in [3.8, 4) is 0 Å². The fourth-order valence-corrected chi connectivity index (χ4v) is 3.95. The molecular weight excluding hydrogens is 467 g/mol. The van der Waals surface area contributed by atoms with Gasteiger partial charge in [-0.15, -0.1) is 6.58 Å². The van der Waals surface area contributed by atoms with Crippen molar-refractivity contribution in [2.75, 3.05) is 6.61 Å². The van der Waals surface area contributed by atoms with Gasteiger partial charge in [-0.05, 0) is 49.1 Å². The highest BCUT2D eigenvalue weighted by molar-refractivity contribution is 5.69.